The van der Waals surface area contributed by atoms with Gasteiger partial charge in [-0.05, 0) is 6.42 Å². The topological polar surface area (TPSA) is 89.3 Å². The lowest BCUT2D eigenvalue weighted by Gasteiger charge is -2.03. The number of hydrogen-bond acceptors (Lipinski definition) is 4. The Kier molecular flexibility index (Phi) is 13.1. The van der Waals surface area contributed by atoms with Crippen LogP contribution in [0, 0.1) is 0 Å². The van der Waals surface area contributed by atoms with E-state index in [1.54, 1.807) is 0 Å². The van der Waals surface area contributed by atoms with E-state index in [-0.39, 0.29) is 29.9 Å². The number of unbranched alkanes of at least 4 members (excludes halogenated alkanes) is 5. The van der Waals surface area contributed by atoms with E-state index < -0.39 is 0 Å². The van der Waals surface area contributed by atoms with Crippen LogP contribution in [0.15, 0.2) is 9.52 Å². The predicted octanol–water partition coefficient (Wildman–Crippen LogP) is 3.62. The van der Waals surface area contributed by atoms with E-state index in [9.17, 15) is 0 Å². The second kappa shape index (κ2) is 13.6. The molecule has 0 aliphatic heterocycles. The summed E-state index contributed by atoms with van der Waals surface area (Å²) in [7, 11) is 0. The van der Waals surface area contributed by atoms with Gasteiger partial charge in [0.05, 0.1) is 0 Å². The number of nitrogens with one attached hydrogen (secondary N) is 1. The number of rotatable bonds is 11. The fourth-order valence-electron chi connectivity index (χ4n) is 2.05. The number of hydrogen-bond donors (Lipinski definition) is 2. The highest BCUT2D eigenvalue weighted by Gasteiger charge is 2.08. The molecule has 0 amide bonds. The Bertz CT molecular complexity index is 434. The maximum absolute atomic E-state index is 5.83. The normalized spacial score (nSPS) is 11.6. The lowest BCUT2D eigenvalue weighted by atomic mass is 10.1. The smallest absolute Gasteiger partial charge is 0.228 e. The van der Waals surface area contributed by atoms with Gasteiger partial charge in [-0.25, -0.2) is 0 Å². The molecule has 0 aliphatic rings. The van der Waals surface area contributed by atoms with Crippen molar-refractivity contribution < 1.29 is 4.52 Å². The van der Waals surface area contributed by atoms with E-state index in [4.69, 9.17) is 10.3 Å². The molecule has 0 spiro atoms. The van der Waals surface area contributed by atoms with Gasteiger partial charge in [-0.1, -0.05) is 58.0 Å². The van der Waals surface area contributed by atoms with Crippen LogP contribution in [0.4, 0.5) is 0 Å². The lowest BCUT2D eigenvalue weighted by molar-refractivity contribution is 0.371. The maximum Gasteiger partial charge on any atom is 0.228 e. The number of aromatic nitrogens is 2. The molecule has 0 unspecified atom stereocenters. The van der Waals surface area contributed by atoms with E-state index in [0.717, 1.165) is 18.8 Å². The van der Waals surface area contributed by atoms with E-state index >= 15 is 0 Å². The molecule has 6 nitrogen and oxygen atoms in total. The lowest BCUT2D eigenvalue weighted by Crippen LogP contribution is -2.33. The number of nitrogens with zero attached hydrogens (tertiary/aromatic N) is 3. The molecule has 0 fully saturated rings. The van der Waals surface area contributed by atoms with Crippen molar-refractivity contribution in [1.82, 2.24) is 15.5 Å². The molecular weight excluding hydrogens is 405 g/mol. The Labute approximate surface area is 157 Å². The molecule has 0 saturated heterocycles. The average Bonchev–Trinajstić information content (AvgIpc) is 2.95. The Morgan fingerprint density at radius 1 is 1.22 bits per heavy atom. The van der Waals surface area contributed by atoms with E-state index in [0.29, 0.717) is 24.8 Å². The van der Waals surface area contributed by atoms with Crippen LogP contribution in [0.5, 0.6) is 0 Å². The van der Waals surface area contributed by atoms with Crippen LogP contribution in [-0.2, 0) is 6.42 Å². The van der Waals surface area contributed by atoms with Crippen molar-refractivity contribution in [2.45, 2.75) is 71.6 Å². The molecule has 0 aromatic carbocycles. The third-order valence-corrected chi connectivity index (χ3v) is 3.44. The molecular formula is C16H32IN5O. The maximum atomic E-state index is 5.83. The first-order valence-corrected chi connectivity index (χ1v) is 8.49. The molecule has 0 bridgehead atoms. The molecule has 23 heavy (non-hydrogen) atoms. The average molecular weight is 437 g/mol. The van der Waals surface area contributed by atoms with Gasteiger partial charge in [0.2, 0.25) is 5.89 Å². The molecule has 134 valence electrons. The summed E-state index contributed by atoms with van der Waals surface area (Å²) in [5, 5.41) is 7.01. The summed E-state index contributed by atoms with van der Waals surface area (Å²) < 4.78 is 5.17. The fraction of sp³-hybridized carbons (Fsp3) is 0.812. The minimum absolute atomic E-state index is 0. The highest BCUT2D eigenvalue weighted by molar-refractivity contribution is 14.0. The highest BCUT2D eigenvalue weighted by atomic mass is 127. The van der Waals surface area contributed by atoms with Gasteiger partial charge in [0.1, 0.15) is 0 Å². The molecule has 0 atom stereocenters. The molecule has 1 aromatic heterocycles. The summed E-state index contributed by atoms with van der Waals surface area (Å²) in [6.45, 7) is 7.77. The van der Waals surface area contributed by atoms with Crippen LogP contribution in [0.25, 0.3) is 0 Å². The summed E-state index contributed by atoms with van der Waals surface area (Å²) in [4.78, 5) is 8.64. The summed E-state index contributed by atoms with van der Waals surface area (Å²) >= 11 is 0. The van der Waals surface area contributed by atoms with Gasteiger partial charge >= 0.3 is 0 Å². The number of guanidine groups is 1. The third kappa shape index (κ3) is 10.5. The largest absolute Gasteiger partial charge is 0.370 e. The third-order valence-electron chi connectivity index (χ3n) is 3.44. The Morgan fingerprint density at radius 3 is 2.57 bits per heavy atom. The molecule has 1 aromatic rings. The van der Waals surface area contributed by atoms with Crippen LogP contribution in [0.1, 0.15) is 76.9 Å². The highest BCUT2D eigenvalue weighted by Crippen LogP contribution is 2.09. The number of aliphatic imine (C=N–C) groups is 1. The Balaban J connectivity index is 0.00000484. The predicted molar refractivity (Wildman–Crippen MR) is 105 cm³/mol. The van der Waals surface area contributed by atoms with Gasteiger partial charge in [-0.2, -0.15) is 4.98 Å². The van der Waals surface area contributed by atoms with Crippen molar-refractivity contribution >= 4 is 29.9 Å². The number of nitrogens with two attached hydrogens (primary N) is 1. The quantitative estimate of drug-likeness (QED) is 0.239. The zero-order valence-corrected chi connectivity index (χ0v) is 17.0. The molecule has 1 heterocycles. The van der Waals surface area contributed by atoms with Crippen LogP contribution in [-0.4, -0.2) is 29.2 Å². The van der Waals surface area contributed by atoms with Crippen LogP contribution in [0.2, 0.25) is 0 Å². The minimum Gasteiger partial charge on any atom is -0.370 e. The first-order valence-electron chi connectivity index (χ1n) is 8.49. The zero-order valence-electron chi connectivity index (χ0n) is 14.7. The summed E-state index contributed by atoms with van der Waals surface area (Å²) in [5.41, 5.74) is 5.83. The van der Waals surface area contributed by atoms with Crippen molar-refractivity contribution in [3.05, 3.63) is 11.7 Å². The summed E-state index contributed by atoms with van der Waals surface area (Å²) in [5.74, 6) is 2.17. The van der Waals surface area contributed by atoms with Gasteiger partial charge in [0.25, 0.3) is 0 Å². The fourth-order valence-corrected chi connectivity index (χ4v) is 2.05. The van der Waals surface area contributed by atoms with Gasteiger partial charge in [-0.3, -0.25) is 4.99 Å². The van der Waals surface area contributed by atoms with Gasteiger partial charge < -0.3 is 15.6 Å². The van der Waals surface area contributed by atoms with Gasteiger partial charge in [0.15, 0.2) is 11.8 Å². The molecule has 7 heteroatoms. The first kappa shape index (κ1) is 22.1. The monoisotopic (exact) mass is 437 g/mol. The molecule has 1 rings (SSSR count). The van der Waals surface area contributed by atoms with E-state index in [2.05, 4.69) is 27.4 Å². The second-order valence-corrected chi connectivity index (χ2v) is 5.91. The van der Waals surface area contributed by atoms with E-state index in [1.165, 1.54) is 32.1 Å². The number of halogens is 1. The molecule has 0 aliphatic carbocycles. The molecule has 0 saturated carbocycles. The van der Waals surface area contributed by atoms with Crippen molar-refractivity contribution in [2.75, 3.05) is 13.1 Å². The summed E-state index contributed by atoms with van der Waals surface area (Å²) in [6, 6.07) is 0. The molecule has 0 radical (unpaired) electrons. The van der Waals surface area contributed by atoms with Crippen LogP contribution >= 0.6 is 24.0 Å². The van der Waals surface area contributed by atoms with Crippen LogP contribution < -0.4 is 11.1 Å². The standard InChI is InChI=1S/C16H31N5O.HI/c1-4-5-6-7-8-9-11-18-16(17)19-12-10-14-20-15(13(2)3)21-22-14;/h13H,4-12H2,1-3H3,(H3,17,18,19);1H. The summed E-state index contributed by atoms with van der Waals surface area (Å²) in [6.07, 6.45) is 8.24. The van der Waals surface area contributed by atoms with Crippen molar-refractivity contribution in [3.63, 3.8) is 0 Å². The minimum atomic E-state index is 0. The Hall–Kier alpha value is -0.860. The van der Waals surface area contributed by atoms with Crippen molar-refractivity contribution in [2.24, 2.45) is 10.7 Å². The van der Waals surface area contributed by atoms with Crippen molar-refractivity contribution in [1.29, 1.82) is 0 Å². The zero-order chi connectivity index (χ0) is 16.2. The Morgan fingerprint density at radius 2 is 1.91 bits per heavy atom. The SMILES string of the molecule is CCCCCCCCN=C(N)NCCc1nc(C(C)C)no1.I. The van der Waals surface area contributed by atoms with Crippen LogP contribution in [0.3, 0.4) is 0 Å². The first-order chi connectivity index (χ1) is 10.6. The van der Waals surface area contributed by atoms with Gasteiger partial charge in [-0.15, -0.1) is 24.0 Å². The second-order valence-electron chi connectivity index (χ2n) is 5.91. The molecule has 3 N–H and O–H groups in total. The van der Waals surface area contributed by atoms with E-state index in [1.807, 2.05) is 13.8 Å². The van der Waals surface area contributed by atoms with Gasteiger partial charge in [0, 0.05) is 25.4 Å². The van der Waals surface area contributed by atoms with Crippen molar-refractivity contribution in [3.8, 4) is 0 Å².